The second kappa shape index (κ2) is 10.8. The van der Waals surface area contributed by atoms with Crippen molar-refractivity contribution in [1.29, 1.82) is 0 Å². The maximum atomic E-state index is 13.3. The van der Waals surface area contributed by atoms with Gasteiger partial charge in [-0.3, -0.25) is 9.59 Å². The molecule has 3 aliphatic heterocycles. The van der Waals surface area contributed by atoms with Crippen LogP contribution in [0.4, 0.5) is 0 Å². The van der Waals surface area contributed by atoms with Crippen LogP contribution in [0.3, 0.4) is 0 Å². The third-order valence-electron chi connectivity index (χ3n) is 8.95. The van der Waals surface area contributed by atoms with Crippen LogP contribution in [0, 0.1) is 17.3 Å². The molecule has 1 aromatic rings. The SMILES string of the molecule is CCCCC[C@@H]1Cc2cc(O)c(C(=O)O)c3c2C(C[C@]2(OC[C@H](CC(=O)C(C)(CC)C(=O)OC)[C@H]2C)O3)O1. The smallest absolute Gasteiger partial charge is 0.343 e. The Kier molecular flexibility index (Phi) is 8.09. The summed E-state index contributed by atoms with van der Waals surface area (Å²) >= 11 is 0. The lowest BCUT2D eigenvalue weighted by atomic mass is 9.75. The van der Waals surface area contributed by atoms with E-state index in [0.717, 1.165) is 31.2 Å². The number of aromatic carboxylic acids is 1. The van der Waals surface area contributed by atoms with Gasteiger partial charge in [-0.15, -0.1) is 0 Å². The molecule has 6 atom stereocenters. The zero-order chi connectivity index (χ0) is 27.8. The summed E-state index contributed by atoms with van der Waals surface area (Å²) in [6.45, 7) is 7.65. The largest absolute Gasteiger partial charge is 0.507 e. The number of benzene rings is 1. The van der Waals surface area contributed by atoms with Crippen LogP contribution < -0.4 is 4.74 Å². The Morgan fingerprint density at radius 2 is 1.97 bits per heavy atom. The van der Waals surface area contributed by atoms with Gasteiger partial charge in [0.05, 0.1) is 25.9 Å². The van der Waals surface area contributed by atoms with E-state index in [1.165, 1.54) is 13.2 Å². The van der Waals surface area contributed by atoms with Crippen LogP contribution in [0.5, 0.6) is 11.5 Å². The minimum Gasteiger partial charge on any atom is -0.507 e. The highest BCUT2D eigenvalue weighted by atomic mass is 16.7. The number of hydrogen-bond acceptors (Lipinski definition) is 8. The third-order valence-corrected chi connectivity index (χ3v) is 8.95. The second-order valence-corrected chi connectivity index (χ2v) is 11.2. The summed E-state index contributed by atoms with van der Waals surface area (Å²) in [5, 5.41) is 20.6. The number of ether oxygens (including phenoxy) is 4. The molecule has 4 rings (SSSR count). The van der Waals surface area contributed by atoms with Gasteiger partial charge < -0.3 is 29.2 Å². The summed E-state index contributed by atoms with van der Waals surface area (Å²) in [7, 11) is 1.27. The first-order chi connectivity index (χ1) is 18.0. The standard InChI is InChI=1S/C29H40O9/c1-6-8-9-10-19-11-17-12-20(30)24(26(32)33)25-23(17)21(37-19)14-29(38-25)16(3)18(15-36-29)13-22(31)28(4,7-2)27(34)35-5/h12,16,18-19,21,30H,6-11,13-15H2,1-5H3,(H,32,33)/t16-,18+,19-,21?,28?,29+/m1/s1. The molecule has 0 amide bonds. The van der Waals surface area contributed by atoms with Gasteiger partial charge in [0.15, 0.2) is 0 Å². The van der Waals surface area contributed by atoms with E-state index in [-0.39, 0.29) is 53.8 Å². The number of carboxylic acid groups (broad SMARTS) is 1. The lowest BCUT2D eigenvalue weighted by Crippen LogP contribution is -2.48. The van der Waals surface area contributed by atoms with Crippen molar-refractivity contribution in [3.63, 3.8) is 0 Å². The fraction of sp³-hybridized carbons (Fsp3) is 0.690. The van der Waals surface area contributed by atoms with Crippen molar-refractivity contribution >= 4 is 17.7 Å². The second-order valence-electron chi connectivity index (χ2n) is 11.2. The predicted octanol–water partition coefficient (Wildman–Crippen LogP) is 4.96. The summed E-state index contributed by atoms with van der Waals surface area (Å²) in [5.41, 5.74) is -0.0542. The van der Waals surface area contributed by atoms with Gasteiger partial charge in [0.2, 0.25) is 5.79 Å². The molecular formula is C29H40O9. The molecule has 1 aromatic carbocycles. The molecule has 2 N–H and O–H groups in total. The van der Waals surface area contributed by atoms with E-state index in [9.17, 15) is 24.6 Å². The van der Waals surface area contributed by atoms with E-state index in [0.29, 0.717) is 24.8 Å². The van der Waals surface area contributed by atoms with Gasteiger partial charge in [0.25, 0.3) is 0 Å². The minimum absolute atomic E-state index is 0.0588. The van der Waals surface area contributed by atoms with Gasteiger partial charge in [-0.05, 0) is 43.7 Å². The molecule has 3 aliphatic rings. The van der Waals surface area contributed by atoms with Gasteiger partial charge >= 0.3 is 11.9 Å². The molecule has 0 bridgehead atoms. The number of ketones is 1. The van der Waals surface area contributed by atoms with Crippen LogP contribution >= 0.6 is 0 Å². The Hall–Kier alpha value is -2.65. The molecule has 0 radical (unpaired) electrons. The van der Waals surface area contributed by atoms with Crippen molar-refractivity contribution in [2.75, 3.05) is 13.7 Å². The Morgan fingerprint density at radius 1 is 1.24 bits per heavy atom. The number of carbonyl (C=O) groups is 3. The first kappa shape index (κ1) is 28.4. The summed E-state index contributed by atoms with van der Waals surface area (Å²) in [6.07, 6.45) is 4.88. The first-order valence-electron chi connectivity index (χ1n) is 13.7. The number of Topliss-reactive ketones (excluding diaryl/α,β-unsaturated/α-hetero) is 1. The molecule has 2 unspecified atom stereocenters. The monoisotopic (exact) mass is 532 g/mol. The van der Waals surface area contributed by atoms with Crippen molar-refractivity contribution in [2.45, 2.75) is 97.1 Å². The predicted molar refractivity (Wildman–Crippen MR) is 137 cm³/mol. The molecule has 1 spiro atoms. The maximum absolute atomic E-state index is 13.3. The number of carboxylic acids is 1. The number of hydrogen-bond donors (Lipinski definition) is 2. The molecule has 0 saturated carbocycles. The van der Waals surface area contributed by atoms with Crippen LogP contribution in [0.25, 0.3) is 0 Å². The zero-order valence-corrected chi connectivity index (χ0v) is 23.0. The van der Waals surface area contributed by atoms with E-state index < -0.39 is 29.2 Å². The molecule has 9 heteroatoms. The maximum Gasteiger partial charge on any atom is 0.343 e. The Labute approximate surface area is 223 Å². The van der Waals surface area contributed by atoms with Crippen LogP contribution in [0.2, 0.25) is 0 Å². The van der Waals surface area contributed by atoms with E-state index >= 15 is 0 Å². The molecular weight excluding hydrogens is 492 g/mol. The summed E-state index contributed by atoms with van der Waals surface area (Å²) in [4.78, 5) is 37.8. The van der Waals surface area contributed by atoms with Crippen LogP contribution in [-0.2, 0) is 30.2 Å². The molecule has 9 nitrogen and oxygen atoms in total. The number of carbonyl (C=O) groups excluding carboxylic acids is 2. The molecule has 210 valence electrons. The topological polar surface area (TPSA) is 129 Å². The van der Waals surface area contributed by atoms with Crippen molar-refractivity contribution in [1.82, 2.24) is 0 Å². The number of rotatable bonds is 10. The van der Waals surface area contributed by atoms with Crippen molar-refractivity contribution < 1.29 is 43.5 Å². The van der Waals surface area contributed by atoms with Crippen LogP contribution in [0.15, 0.2) is 6.07 Å². The highest BCUT2D eigenvalue weighted by Gasteiger charge is 2.57. The zero-order valence-electron chi connectivity index (χ0n) is 23.0. The van der Waals surface area contributed by atoms with Crippen molar-refractivity contribution in [2.24, 2.45) is 17.3 Å². The van der Waals surface area contributed by atoms with E-state index in [1.54, 1.807) is 13.8 Å². The summed E-state index contributed by atoms with van der Waals surface area (Å²) in [5.74, 6) is -4.13. The van der Waals surface area contributed by atoms with Gasteiger partial charge in [-0.25, -0.2) is 4.79 Å². The molecule has 0 aliphatic carbocycles. The number of esters is 1. The van der Waals surface area contributed by atoms with E-state index in [4.69, 9.17) is 18.9 Å². The Bertz CT molecular complexity index is 1100. The molecule has 1 saturated heterocycles. The fourth-order valence-corrected chi connectivity index (χ4v) is 6.19. The summed E-state index contributed by atoms with van der Waals surface area (Å²) in [6, 6.07) is 1.53. The molecule has 38 heavy (non-hydrogen) atoms. The average Bonchev–Trinajstić information content (AvgIpc) is 3.16. The van der Waals surface area contributed by atoms with Gasteiger partial charge in [-0.1, -0.05) is 40.0 Å². The molecule has 3 heterocycles. The summed E-state index contributed by atoms with van der Waals surface area (Å²) < 4.78 is 24.1. The highest BCUT2D eigenvalue weighted by Crippen LogP contribution is 2.56. The van der Waals surface area contributed by atoms with E-state index in [1.807, 2.05) is 6.92 Å². The van der Waals surface area contributed by atoms with Crippen LogP contribution in [0.1, 0.15) is 100 Å². The Morgan fingerprint density at radius 3 is 2.61 bits per heavy atom. The number of aromatic hydroxyl groups is 1. The Balaban J connectivity index is 1.65. The van der Waals surface area contributed by atoms with Gasteiger partial charge in [0, 0.05) is 24.3 Å². The van der Waals surface area contributed by atoms with Gasteiger partial charge in [0.1, 0.15) is 28.3 Å². The van der Waals surface area contributed by atoms with Gasteiger partial charge in [-0.2, -0.15) is 0 Å². The molecule has 1 fully saturated rings. The lowest BCUT2D eigenvalue weighted by molar-refractivity contribution is -0.214. The lowest BCUT2D eigenvalue weighted by Gasteiger charge is -2.46. The molecule has 0 aromatic heterocycles. The van der Waals surface area contributed by atoms with Crippen molar-refractivity contribution in [3.8, 4) is 11.5 Å². The quantitative estimate of drug-likeness (QED) is 0.244. The fourth-order valence-electron chi connectivity index (χ4n) is 6.19. The number of phenols is 1. The van der Waals surface area contributed by atoms with Crippen molar-refractivity contribution in [3.05, 3.63) is 22.8 Å². The number of unbranched alkanes of at least 4 members (excludes halogenated alkanes) is 2. The first-order valence-corrected chi connectivity index (χ1v) is 13.7. The highest BCUT2D eigenvalue weighted by molar-refractivity contribution is 6.03. The number of methoxy groups -OCH3 is 1. The van der Waals surface area contributed by atoms with Crippen LogP contribution in [-0.4, -0.2) is 53.5 Å². The minimum atomic E-state index is -1.30. The van der Waals surface area contributed by atoms with E-state index in [2.05, 4.69) is 6.92 Å². The third kappa shape index (κ3) is 4.79. The normalized spacial score (nSPS) is 29.3. The average molecular weight is 533 g/mol.